The summed E-state index contributed by atoms with van der Waals surface area (Å²) in [5.41, 5.74) is 7.39. The smallest absolute Gasteiger partial charge is 0.226 e. The second-order valence-corrected chi connectivity index (χ2v) is 9.96. The molecule has 6 heteroatoms. The molecule has 4 aliphatic carbocycles. The van der Waals surface area contributed by atoms with Crippen LogP contribution in [0.3, 0.4) is 0 Å². The standard InChI is InChI=1S/C25H35FN2O3/c1-30-18-23(6-7-23)17-28-22(29)25-11-8-24(9-12-25,10-13-25)20-2-4-21(5-3-20)31-16-19(14-26)15-27/h2-5,14H,6-13,15-18,27H2,1H3,(H,28,29). The highest BCUT2D eigenvalue weighted by Gasteiger charge is 2.53. The lowest BCUT2D eigenvalue weighted by Gasteiger charge is -2.53. The van der Waals surface area contributed by atoms with Crippen LogP contribution in [0.2, 0.25) is 0 Å². The van der Waals surface area contributed by atoms with Crippen LogP contribution in [0.15, 0.2) is 36.2 Å². The van der Waals surface area contributed by atoms with E-state index in [0.29, 0.717) is 11.9 Å². The highest BCUT2D eigenvalue weighted by molar-refractivity contribution is 5.83. The summed E-state index contributed by atoms with van der Waals surface area (Å²) in [5, 5.41) is 3.27. The van der Waals surface area contributed by atoms with E-state index in [2.05, 4.69) is 17.4 Å². The van der Waals surface area contributed by atoms with Gasteiger partial charge in [0.1, 0.15) is 12.4 Å². The molecule has 170 valence electrons. The van der Waals surface area contributed by atoms with E-state index in [1.165, 1.54) is 5.56 Å². The van der Waals surface area contributed by atoms with Crippen LogP contribution in [-0.2, 0) is 14.9 Å². The van der Waals surface area contributed by atoms with Crippen LogP contribution >= 0.6 is 0 Å². The van der Waals surface area contributed by atoms with Gasteiger partial charge in [-0.25, -0.2) is 4.39 Å². The van der Waals surface area contributed by atoms with E-state index < -0.39 is 0 Å². The van der Waals surface area contributed by atoms with Crippen LogP contribution in [0.4, 0.5) is 4.39 Å². The van der Waals surface area contributed by atoms with Gasteiger partial charge in [0.05, 0.1) is 12.9 Å². The molecule has 1 amide bonds. The van der Waals surface area contributed by atoms with Crippen LogP contribution in [-0.4, -0.2) is 39.3 Å². The highest BCUT2D eigenvalue weighted by Crippen LogP contribution is 2.58. The highest BCUT2D eigenvalue weighted by atomic mass is 19.1. The quantitative estimate of drug-likeness (QED) is 0.588. The summed E-state index contributed by atoms with van der Waals surface area (Å²) < 4.78 is 23.6. The van der Waals surface area contributed by atoms with Gasteiger partial charge >= 0.3 is 0 Å². The van der Waals surface area contributed by atoms with Gasteiger partial charge in [-0.15, -0.1) is 0 Å². The van der Waals surface area contributed by atoms with Gasteiger partial charge in [0.2, 0.25) is 5.91 Å². The number of hydrogen-bond acceptors (Lipinski definition) is 4. The van der Waals surface area contributed by atoms with E-state index >= 15 is 0 Å². The molecule has 0 aromatic heterocycles. The second kappa shape index (κ2) is 8.91. The average Bonchev–Trinajstić information content (AvgIpc) is 3.59. The molecule has 0 spiro atoms. The van der Waals surface area contributed by atoms with Gasteiger partial charge in [-0.05, 0) is 74.5 Å². The SMILES string of the molecule is COCC1(CNC(=O)C23CCC(c4ccc(OCC(=CF)CN)cc4)(CC2)CC3)CC1. The fourth-order valence-electron chi connectivity index (χ4n) is 5.49. The third-order valence-electron chi connectivity index (χ3n) is 8.07. The first kappa shape index (κ1) is 22.3. The number of benzene rings is 1. The van der Waals surface area contributed by atoms with Crippen LogP contribution in [0.25, 0.3) is 0 Å². The van der Waals surface area contributed by atoms with Gasteiger partial charge in [-0.3, -0.25) is 4.79 Å². The number of rotatable bonds is 10. The third kappa shape index (κ3) is 4.51. The molecule has 4 saturated carbocycles. The maximum Gasteiger partial charge on any atom is 0.226 e. The van der Waals surface area contributed by atoms with Gasteiger partial charge in [0, 0.05) is 36.6 Å². The number of methoxy groups -OCH3 is 1. The van der Waals surface area contributed by atoms with Crippen LogP contribution in [0, 0.1) is 10.8 Å². The number of carbonyl (C=O) groups excluding carboxylic acids is 1. The fraction of sp³-hybridized carbons (Fsp3) is 0.640. The Bertz CT molecular complexity index is 792. The number of amides is 1. The minimum Gasteiger partial charge on any atom is -0.489 e. The van der Waals surface area contributed by atoms with Crippen molar-refractivity contribution >= 4 is 5.91 Å². The molecule has 3 N–H and O–H groups in total. The number of fused-ring (bicyclic) bond motifs is 3. The molecule has 0 unspecified atom stereocenters. The Labute approximate surface area is 184 Å². The zero-order valence-electron chi connectivity index (χ0n) is 18.6. The number of nitrogens with two attached hydrogens (primary N) is 1. The van der Waals surface area contributed by atoms with Crippen molar-refractivity contribution in [1.82, 2.24) is 5.32 Å². The van der Waals surface area contributed by atoms with Crippen molar-refractivity contribution in [2.45, 2.75) is 56.8 Å². The molecule has 5 nitrogen and oxygen atoms in total. The van der Waals surface area contributed by atoms with Gasteiger partial charge in [0.25, 0.3) is 0 Å². The molecule has 0 heterocycles. The molecule has 0 saturated heterocycles. The van der Waals surface area contributed by atoms with Crippen molar-refractivity contribution in [2.75, 3.05) is 33.4 Å². The lowest BCUT2D eigenvalue weighted by atomic mass is 9.51. The maximum absolute atomic E-state index is 13.1. The van der Waals surface area contributed by atoms with Crippen molar-refractivity contribution in [3.63, 3.8) is 0 Å². The van der Waals surface area contributed by atoms with E-state index in [9.17, 15) is 9.18 Å². The predicted molar refractivity (Wildman–Crippen MR) is 119 cm³/mol. The summed E-state index contributed by atoms with van der Waals surface area (Å²) >= 11 is 0. The van der Waals surface area contributed by atoms with Crippen molar-refractivity contribution in [3.05, 3.63) is 41.7 Å². The van der Waals surface area contributed by atoms with Crippen LogP contribution < -0.4 is 15.8 Å². The molecule has 1 aromatic carbocycles. The minimum atomic E-state index is -0.189. The number of nitrogens with one attached hydrogen (secondary N) is 1. The second-order valence-electron chi connectivity index (χ2n) is 9.96. The summed E-state index contributed by atoms with van der Waals surface area (Å²) in [7, 11) is 1.74. The zero-order chi connectivity index (χ0) is 22.0. The molecule has 0 radical (unpaired) electrons. The first-order valence-corrected chi connectivity index (χ1v) is 11.5. The van der Waals surface area contributed by atoms with Gasteiger partial charge < -0.3 is 20.5 Å². The Hall–Kier alpha value is -1.92. The van der Waals surface area contributed by atoms with E-state index in [0.717, 1.165) is 70.3 Å². The molecule has 4 fully saturated rings. The molecule has 2 bridgehead atoms. The summed E-state index contributed by atoms with van der Waals surface area (Å²) in [4.78, 5) is 13.1. The van der Waals surface area contributed by atoms with Gasteiger partial charge in [-0.1, -0.05) is 12.1 Å². The molecular weight excluding hydrogens is 395 g/mol. The summed E-state index contributed by atoms with van der Waals surface area (Å²) in [6.45, 7) is 1.80. The van der Waals surface area contributed by atoms with Crippen molar-refractivity contribution in [1.29, 1.82) is 0 Å². The predicted octanol–water partition coefficient (Wildman–Crippen LogP) is 4.01. The van der Waals surface area contributed by atoms with Crippen molar-refractivity contribution in [3.8, 4) is 5.75 Å². The normalized spacial score (nSPS) is 28.9. The van der Waals surface area contributed by atoms with E-state index in [4.69, 9.17) is 15.2 Å². The lowest BCUT2D eigenvalue weighted by molar-refractivity contribution is -0.138. The van der Waals surface area contributed by atoms with Crippen molar-refractivity contribution < 1.29 is 18.7 Å². The van der Waals surface area contributed by atoms with E-state index in [1.807, 2.05) is 12.1 Å². The van der Waals surface area contributed by atoms with Crippen molar-refractivity contribution in [2.24, 2.45) is 16.6 Å². The summed E-state index contributed by atoms with van der Waals surface area (Å²) in [6, 6.07) is 8.20. The summed E-state index contributed by atoms with van der Waals surface area (Å²) in [5.74, 6) is 0.974. The van der Waals surface area contributed by atoms with Crippen LogP contribution in [0.5, 0.6) is 5.75 Å². The zero-order valence-corrected chi connectivity index (χ0v) is 18.6. The summed E-state index contributed by atoms with van der Waals surface area (Å²) in [6.07, 6.45) is 8.81. The molecule has 0 atom stereocenters. The fourth-order valence-corrected chi connectivity index (χ4v) is 5.49. The molecule has 31 heavy (non-hydrogen) atoms. The van der Waals surface area contributed by atoms with Gasteiger partial charge in [-0.2, -0.15) is 0 Å². The largest absolute Gasteiger partial charge is 0.489 e. The molecule has 5 rings (SSSR count). The Morgan fingerprint density at radius 3 is 2.26 bits per heavy atom. The number of hydrogen-bond donors (Lipinski definition) is 2. The molecule has 4 aliphatic rings. The minimum absolute atomic E-state index is 0.153. The Morgan fingerprint density at radius 1 is 1.10 bits per heavy atom. The third-order valence-corrected chi connectivity index (χ3v) is 8.07. The number of halogens is 1. The number of ether oxygens (including phenoxy) is 2. The Kier molecular flexibility index (Phi) is 6.40. The van der Waals surface area contributed by atoms with Crippen LogP contribution in [0.1, 0.15) is 56.9 Å². The Morgan fingerprint density at radius 2 is 1.74 bits per heavy atom. The monoisotopic (exact) mass is 430 g/mol. The number of carbonyl (C=O) groups is 1. The first-order chi connectivity index (χ1) is 15.0. The molecule has 1 aromatic rings. The topological polar surface area (TPSA) is 73.6 Å². The molecule has 0 aliphatic heterocycles. The van der Waals surface area contributed by atoms with E-state index in [1.54, 1.807) is 7.11 Å². The average molecular weight is 431 g/mol. The van der Waals surface area contributed by atoms with Gasteiger partial charge in [0.15, 0.2) is 0 Å². The van der Waals surface area contributed by atoms with E-state index in [-0.39, 0.29) is 35.3 Å². The lowest BCUT2D eigenvalue weighted by Crippen LogP contribution is -2.52. The maximum atomic E-state index is 13.1. The first-order valence-electron chi connectivity index (χ1n) is 11.5. The molecular formula is C25H35FN2O3. The Balaban J connectivity index is 1.33.